The molecule has 2 N–H and O–H groups in total. The highest BCUT2D eigenvalue weighted by molar-refractivity contribution is 6.30. The van der Waals surface area contributed by atoms with Crippen LogP contribution in [0.15, 0.2) is 36.5 Å². The summed E-state index contributed by atoms with van der Waals surface area (Å²) in [6.07, 6.45) is 2.33. The summed E-state index contributed by atoms with van der Waals surface area (Å²) in [6, 6.07) is 10.5. The lowest BCUT2D eigenvalue weighted by Gasteiger charge is -2.19. The van der Waals surface area contributed by atoms with E-state index < -0.39 is 0 Å². The van der Waals surface area contributed by atoms with Crippen molar-refractivity contribution in [2.45, 2.75) is 32.6 Å². The highest BCUT2D eigenvalue weighted by atomic mass is 35.5. The molecule has 2 aromatic rings. The van der Waals surface area contributed by atoms with Gasteiger partial charge in [0.25, 0.3) is 0 Å². The molecule has 0 unspecified atom stereocenters. The number of rotatable bonds is 2. The molecule has 1 aromatic carbocycles. The molecule has 0 aliphatic rings. The van der Waals surface area contributed by atoms with Crippen molar-refractivity contribution in [3.05, 3.63) is 58.2 Å². The summed E-state index contributed by atoms with van der Waals surface area (Å²) >= 11 is 5.95. The summed E-state index contributed by atoms with van der Waals surface area (Å²) < 4.78 is 0. The minimum atomic E-state index is 0.176. The van der Waals surface area contributed by atoms with Crippen molar-refractivity contribution in [2.75, 3.05) is 5.73 Å². The molecule has 0 aliphatic heterocycles. The van der Waals surface area contributed by atoms with Crippen molar-refractivity contribution in [3.8, 4) is 0 Å². The first-order valence-electron chi connectivity index (χ1n) is 6.35. The molecular weight excluding hydrogens is 256 g/mol. The SMILES string of the molecule is CC(C)(C)c1ccc(Cc2cc(Cl)cnc2N)cc1. The molecule has 0 saturated heterocycles. The molecule has 0 saturated carbocycles. The Morgan fingerprint density at radius 1 is 1.16 bits per heavy atom. The molecule has 0 fully saturated rings. The Kier molecular flexibility index (Phi) is 3.81. The smallest absolute Gasteiger partial charge is 0.126 e. The average molecular weight is 275 g/mol. The van der Waals surface area contributed by atoms with E-state index in [9.17, 15) is 0 Å². The van der Waals surface area contributed by atoms with Crippen molar-refractivity contribution >= 4 is 17.4 Å². The van der Waals surface area contributed by atoms with Crippen LogP contribution < -0.4 is 5.73 Å². The summed E-state index contributed by atoms with van der Waals surface area (Å²) in [4.78, 5) is 4.08. The van der Waals surface area contributed by atoms with E-state index in [4.69, 9.17) is 17.3 Å². The third kappa shape index (κ3) is 3.48. The van der Waals surface area contributed by atoms with Crippen LogP contribution in [0.4, 0.5) is 5.82 Å². The number of halogens is 1. The molecule has 1 aromatic heterocycles. The van der Waals surface area contributed by atoms with Gasteiger partial charge in [-0.2, -0.15) is 0 Å². The lowest BCUT2D eigenvalue weighted by Crippen LogP contribution is -2.10. The maximum absolute atomic E-state index is 5.95. The fraction of sp³-hybridized carbons (Fsp3) is 0.312. The van der Waals surface area contributed by atoms with Crippen molar-refractivity contribution in [3.63, 3.8) is 0 Å². The van der Waals surface area contributed by atoms with Gasteiger partial charge < -0.3 is 5.73 Å². The van der Waals surface area contributed by atoms with Gasteiger partial charge in [0, 0.05) is 18.2 Å². The number of anilines is 1. The predicted molar refractivity (Wildman–Crippen MR) is 81.6 cm³/mol. The molecule has 19 heavy (non-hydrogen) atoms. The monoisotopic (exact) mass is 274 g/mol. The second-order valence-corrected chi connectivity index (χ2v) is 6.26. The molecular formula is C16H19ClN2. The molecule has 0 atom stereocenters. The number of pyridine rings is 1. The lowest BCUT2D eigenvalue weighted by atomic mass is 9.86. The second kappa shape index (κ2) is 5.22. The summed E-state index contributed by atoms with van der Waals surface area (Å²) in [5.74, 6) is 0.546. The molecule has 0 spiro atoms. The van der Waals surface area contributed by atoms with Crippen molar-refractivity contribution in [1.29, 1.82) is 0 Å². The van der Waals surface area contributed by atoms with Gasteiger partial charge in [0.05, 0.1) is 5.02 Å². The lowest BCUT2D eigenvalue weighted by molar-refractivity contribution is 0.590. The minimum absolute atomic E-state index is 0.176. The number of benzene rings is 1. The van der Waals surface area contributed by atoms with Gasteiger partial charge in [-0.05, 0) is 22.6 Å². The van der Waals surface area contributed by atoms with Crippen LogP contribution in [0.5, 0.6) is 0 Å². The molecule has 2 rings (SSSR count). The first-order chi connectivity index (χ1) is 8.86. The van der Waals surface area contributed by atoms with Crippen LogP contribution in [0.2, 0.25) is 5.02 Å². The molecule has 1 heterocycles. The number of nitrogen functional groups attached to an aromatic ring is 1. The van der Waals surface area contributed by atoms with E-state index in [-0.39, 0.29) is 5.41 Å². The Morgan fingerprint density at radius 3 is 2.37 bits per heavy atom. The van der Waals surface area contributed by atoms with E-state index in [0.29, 0.717) is 10.8 Å². The molecule has 0 bridgehead atoms. The molecule has 3 heteroatoms. The van der Waals surface area contributed by atoms with E-state index >= 15 is 0 Å². The van der Waals surface area contributed by atoms with Crippen LogP contribution in [0.1, 0.15) is 37.5 Å². The van der Waals surface area contributed by atoms with Gasteiger partial charge >= 0.3 is 0 Å². The zero-order valence-electron chi connectivity index (χ0n) is 11.6. The number of aromatic nitrogens is 1. The van der Waals surface area contributed by atoms with Crippen molar-refractivity contribution in [2.24, 2.45) is 0 Å². The van der Waals surface area contributed by atoms with Crippen LogP contribution in [-0.4, -0.2) is 4.98 Å². The van der Waals surface area contributed by atoms with E-state index in [2.05, 4.69) is 50.0 Å². The third-order valence-corrected chi connectivity index (χ3v) is 3.39. The quantitative estimate of drug-likeness (QED) is 0.891. The maximum Gasteiger partial charge on any atom is 0.126 e. The Balaban J connectivity index is 2.22. The van der Waals surface area contributed by atoms with Crippen molar-refractivity contribution < 1.29 is 0 Å². The Hall–Kier alpha value is -1.54. The predicted octanol–water partition coefficient (Wildman–Crippen LogP) is 4.21. The summed E-state index contributed by atoms with van der Waals surface area (Å²) in [5, 5.41) is 0.621. The number of hydrogen-bond donors (Lipinski definition) is 1. The Labute approximate surface area is 119 Å². The van der Waals surface area contributed by atoms with E-state index in [1.54, 1.807) is 6.20 Å². The molecule has 0 amide bonds. The molecule has 0 aliphatic carbocycles. The van der Waals surface area contributed by atoms with Crippen LogP contribution in [-0.2, 0) is 11.8 Å². The minimum Gasteiger partial charge on any atom is -0.383 e. The Morgan fingerprint density at radius 2 is 1.79 bits per heavy atom. The fourth-order valence-electron chi connectivity index (χ4n) is 1.98. The van der Waals surface area contributed by atoms with Gasteiger partial charge in [-0.15, -0.1) is 0 Å². The first-order valence-corrected chi connectivity index (χ1v) is 6.73. The first kappa shape index (κ1) is 13.9. The van der Waals surface area contributed by atoms with Gasteiger partial charge in [-0.1, -0.05) is 56.6 Å². The summed E-state index contributed by atoms with van der Waals surface area (Å²) in [5.41, 5.74) is 9.55. The molecule has 2 nitrogen and oxygen atoms in total. The zero-order chi connectivity index (χ0) is 14.0. The van der Waals surface area contributed by atoms with Gasteiger partial charge in [-0.25, -0.2) is 4.98 Å². The average Bonchev–Trinajstić information content (AvgIpc) is 2.33. The number of nitrogens with two attached hydrogens (primary N) is 1. The van der Waals surface area contributed by atoms with E-state index in [0.717, 1.165) is 12.0 Å². The van der Waals surface area contributed by atoms with Gasteiger partial charge in [0.2, 0.25) is 0 Å². The van der Waals surface area contributed by atoms with Crippen LogP contribution >= 0.6 is 11.6 Å². The topological polar surface area (TPSA) is 38.9 Å². The fourth-order valence-corrected chi connectivity index (χ4v) is 2.16. The summed E-state index contributed by atoms with van der Waals surface area (Å²) in [7, 11) is 0. The summed E-state index contributed by atoms with van der Waals surface area (Å²) in [6.45, 7) is 6.63. The van der Waals surface area contributed by atoms with Gasteiger partial charge in [0.1, 0.15) is 5.82 Å². The second-order valence-electron chi connectivity index (χ2n) is 5.82. The Bertz CT molecular complexity index is 568. The largest absolute Gasteiger partial charge is 0.383 e. The molecule has 0 radical (unpaired) electrons. The standard InChI is InChI=1S/C16H19ClN2/c1-16(2,3)13-6-4-11(5-7-13)8-12-9-14(17)10-19-15(12)18/h4-7,9-10H,8H2,1-3H3,(H2,18,19). The zero-order valence-corrected chi connectivity index (χ0v) is 12.3. The van der Waals surface area contributed by atoms with Gasteiger partial charge in [0.15, 0.2) is 0 Å². The molecule has 100 valence electrons. The number of hydrogen-bond acceptors (Lipinski definition) is 2. The van der Waals surface area contributed by atoms with Crippen LogP contribution in [0.25, 0.3) is 0 Å². The van der Waals surface area contributed by atoms with Crippen molar-refractivity contribution in [1.82, 2.24) is 4.98 Å². The van der Waals surface area contributed by atoms with E-state index in [1.807, 2.05) is 6.07 Å². The third-order valence-electron chi connectivity index (χ3n) is 3.18. The highest BCUT2D eigenvalue weighted by Crippen LogP contribution is 2.24. The maximum atomic E-state index is 5.95. The normalized spacial score (nSPS) is 11.6. The highest BCUT2D eigenvalue weighted by Gasteiger charge is 2.13. The van der Waals surface area contributed by atoms with E-state index in [1.165, 1.54) is 11.1 Å². The van der Waals surface area contributed by atoms with Crippen LogP contribution in [0.3, 0.4) is 0 Å². The van der Waals surface area contributed by atoms with Gasteiger partial charge in [-0.3, -0.25) is 0 Å². The number of nitrogens with zero attached hydrogens (tertiary/aromatic N) is 1. The van der Waals surface area contributed by atoms with Crippen LogP contribution in [0, 0.1) is 0 Å².